The maximum Gasteiger partial charge on any atom is 0.261 e. The zero-order chi connectivity index (χ0) is 18.0. The van der Waals surface area contributed by atoms with Gasteiger partial charge >= 0.3 is 0 Å². The highest BCUT2D eigenvalue weighted by atomic mass is 19.1. The number of benzene rings is 1. The Balaban J connectivity index is 1.73. The molecule has 2 aromatic rings. The van der Waals surface area contributed by atoms with Crippen LogP contribution in [0.2, 0.25) is 0 Å². The summed E-state index contributed by atoms with van der Waals surface area (Å²) in [6, 6.07) is 5.58. The van der Waals surface area contributed by atoms with Gasteiger partial charge in [0.2, 0.25) is 5.88 Å². The summed E-state index contributed by atoms with van der Waals surface area (Å²) in [5.41, 5.74) is 1.82. The Labute approximate surface area is 146 Å². The van der Waals surface area contributed by atoms with E-state index in [-0.39, 0.29) is 24.4 Å². The second-order valence-corrected chi connectivity index (χ2v) is 6.12. The molecular formula is C18H22FN3O3. The Morgan fingerprint density at radius 3 is 2.76 bits per heavy atom. The summed E-state index contributed by atoms with van der Waals surface area (Å²) in [5, 5.41) is 4.41. The van der Waals surface area contributed by atoms with Crippen molar-refractivity contribution >= 4 is 5.91 Å². The average Bonchev–Trinajstić information content (AvgIpc) is 3.17. The van der Waals surface area contributed by atoms with Gasteiger partial charge < -0.3 is 14.4 Å². The van der Waals surface area contributed by atoms with Gasteiger partial charge in [-0.3, -0.25) is 4.79 Å². The van der Waals surface area contributed by atoms with Crippen molar-refractivity contribution < 1.29 is 18.7 Å². The molecule has 3 rings (SSSR count). The van der Waals surface area contributed by atoms with Crippen molar-refractivity contribution in [2.75, 3.05) is 20.3 Å². The lowest BCUT2D eigenvalue weighted by Gasteiger charge is -2.25. The molecule has 1 amide bonds. The van der Waals surface area contributed by atoms with Crippen LogP contribution >= 0.6 is 0 Å². The molecule has 0 saturated carbocycles. The van der Waals surface area contributed by atoms with Crippen molar-refractivity contribution in [3.63, 3.8) is 0 Å². The lowest BCUT2D eigenvalue weighted by molar-refractivity contribution is -0.134. The third-order valence-electron chi connectivity index (χ3n) is 4.49. The molecule has 0 radical (unpaired) electrons. The fourth-order valence-electron chi connectivity index (χ4n) is 3.40. The lowest BCUT2D eigenvalue weighted by atomic mass is 10.1. The summed E-state index contributed by atoms with van der Waals surface area (Å²) in [6.07, 6.45) is 1.79. The van der Waals surface area contributed by atoms with Crippen LogP contribution in [-0.4, -0.2) is 40.8 Å². The molecule has 0 spiro atoms. The van der Waals surface area contributed by atoms with Crippen molar-refractivity contribution in [1.82, 2.24) is 14.7 Å². The summed E-state index contributed by atoms with van der Waals surface area (Å²) >= 11 is 0. The van der Waals surface area contributed by atoms with E-state index in [1.165, 1.54) is 24.3 Å². The quantitative estimate of drug-likeness (QED) is 0.834. The van der Waals surface area contributed by atoms with Crippen molar-refractivity contribution in [1.29, 1.82) is 0 Å². The van der Waals surface area contributed by atoms with Gasteiger partial charge in [-0.2, -0.15) is 5.10 Å². The third-order valence-corrected chi connectivity index (χ3v) is 4.49. The van der Waals surface area contributed by atoms with Gasteiger partial charge in [0.1, 0.15) is 11.6 Å². The van der Waals surface area contributed by atoms with Crippen LogP contribution in [0, 0.1) is 12.7 Å². The van der Waals surface area contributed by atoms with Crippen molar-refractivity contribution in [3.8, 4) is 11.6 Å². The zero-order valence-electron chi connectivity index (χ0n) is 14.7. The van der Waals surface area contributed by atoms with Crippen LogP contribution in [0.3, 0.4) is 0 Å². The first-order valence-electron chi connectivity index (χ1n) is 8.26. The summed E-state index contributed by atoms with van der Waals surface area (Å²) in [5.74, 6) is 0.719. The maximum absolute atomic E-state index is 12.9. The SMILES string of the molecule is COc1c([C@H]2CCCN2C(=O)COc2ccc(F)cc2)c(C)nn1C. The van der Waals surface area contributed by atoms with Gasteiger partial charge in [0.25, 0.3) is 5.91 Å². The third kappa shape index (κ3) is 3.45. The van der Waals surface area contributed by atoms with Gasteiger partial charge in [-0.15, -0.1) is 0 Å². The number of rotatable bonds is 5. The number of carbonyl (C=O) groups excluding carboxylic acids is 1. The van der Waals surface area contributed by atoms with E-state index in [0.29, 0.717) is 18.2 Å². The Morgan fingerprint density at radius 2 is 2.08 bits per heavy atom. The molecule has 1 aromatic heterocycles. The smallest absolute Gasteiger partial charge is 0.261 e. The van der Waals surface area contributed by atoms with E-state index in [4.69, 9.17) is 9.47 Å². The number of halogens is 1. The minimum Gasteiger partial charge on any atom is -0.484 e. The predicted molar refractivity (Wildman–Crippen MR) is 90.1 cm³/mol. The highest BCUT2D eigenvalue weighted by Crippen LogP contribution is 2.38. The molecule has 0 aliphatic carbocycles. The van der Waals surface area contributed by atoms with E-state index in [0.717, 1.165) is 24.1 Å². The van der Waals surface area contributed by atoms with Gasteiger partial charge in [0.15, 0.2) is 6.61 Å². The second-order valence-electron chi connectivity index (χ2n) is 6.12. The van der Waals surface area contributed by atoms with Crippen LogP contribution < -0.4 is 9.47 Å². The van der Waals surface area contributed by atoms with Crippen LogP contribution in [0.15, 0.2) is 24.3 Å². The van der Waals surface area contributed by atoms with E-state index in [2.05, 4.69) is 5.10 Å². The average molecular weight is 347 g/mol. The van der Waals surface area contributed by atoms with Crippen LogP contribution in [-0.2, 0) is 11.8 Å². The molecule has 0 N–H and O–H groups in total. The number of amides is 1. The standard InChI is InChI=1S/C18H22FN3O3/c1-12-17(18(24-3)21(2)20-12)15-5-4-10-22(15)16(23)11-25-14-8-6-13(19)7-9-14/h6-9,15H,4-5,10-11H2,1-3H3/t15-/m1/s1. The fraction of sp³-hybridized carbons (Fsp3) is 0.444. The molecule has 2 heterocycles. The zero-order valence-corrected chi connectivity index (χ0v) is 14.7. The van der Waals surface area contributed by atoms with Crippen LogP contribution in [0.1, 0.15) is 30.1 Å². The number of ether oxygens (including phenoxy) is 2. The van der Waals surface area contributed by atoms with Gasteiger partial charge in [-0.25, -0.2) is 9.07 Å². The monoisotopic (exact) mass is 347 g/mol. The molecule has 1 aromatic carbocycles. The van der Waals surface area contributed by atoms with Crippen LogP contribution in [0.5, 0.6) is 11.6 Å². The molecule has 1 saturated heterocycles. The van der Waals surface area contributed by atoms with E-state index in [1.54, 1.807) is 11.8 Å². The number of hydrogen-bond acceptors (Lipinski definition) is 4. The lowest BCUT2D eigenvalue weighted by Crippen LogP contribution is -2.34. The highest BCUT2D eigenvalue weighted by molar-refractivity contribution is 5.78. The molecule has 0 unspecified atom stereocenters. The maximum atomic E-state index is 12.9. The Kier molecular flexibility index (Phi) is 4.92. The summed E-state index contributed by atoms with van der Waals surface area (Å²) in [7, 11) is 3.44. The molecule has 1 atom stereocenters. The highest BCUT2D eigenvalue weighted by Gasteiger charge is 2.35. The number of hydrogen-bond donors (Lipinski definition) is 0. The minimum atomic E-state index is -0.336. The topological polar surface area (TPSA) is 56.6 Å². The molecule has 6 nitrogen and oxygen atoms in total. The fourth-order valence-corrected chi connectivity index (χ4v) is 3.40. The second kappa shape index (κ2) is 7.13. The molecule has 1 aliphatic rings. The number of likely N-dealkylation sites (tertiary alicyclic amines) is 1. The van der Waals surface area contributed by atoms with Crippen LogP contribution in [0.25, 0.3) is 0 Å². The van der Waals surface area contributed by atoms with E-state index in [9.17, 15) is 9.18 Å². The van der Waals surface area contributed by atoms with Crippen molar-refractivity contribution in [3.05, 3.63) is 41.3 Å². The molecule has 7 heteroatoms. The first-order chi connectivity index (χ1) is 12.0. The number of carbonyl (C=O) groups is 1. The largest absolute Gasteiger partial charge is 0.484 e. The molecule has 25 heavy (non-hydrogen) atoms. The number of nitrogens with zero attached hydrogens (tertiary/aromatic N) is 3. The Morgan fingerprint density at radius 1 is 1.36 bits per heavy atom. The summed E-state index contributed by atoms with van der Waals surface area (Å²) < 4.78 is 25.6. The van der Waals surface area contributed by atoms with Gasteiger partial charge in [-0.05, 0) is 44.0 Å². The van der Waals surface area contributed by atoms with Crippen LogP contribution in [0.4, 0.5) is 4.39 Å². The molecular weight excluding hydrogens is 325 g/mol. The number of aromatic nitrogens is 2. The first-order valence-corrected chi connectivity index (χ1v) is 8.26. The molecule has 134 valence electrons. The summed E-state index contributed by atoms with van der Waals surface area (Å²) in [4.78, 5) is 14.5. The van der Waals surface area contributed by atoms with Gasteiger partial charge in [0, 0.05) is 13.6 Å². The molecule has 1 aliphatic heterocycles. The number of aryl methyl sites for hydroxylation is 2. The predicted octanol–water partition coefficient (Wildman–Crippen LogP) is 2.62. The first kappa shape index (κ1) is 17.3. The summed E-state index contributed by atoms with van der Waals surface area (Å²) in [6.45, 7) is 2.52. The molecule has 0 bridgehead atoms. The van der Waals surface area contributed by atoms with Gasteiger partial charge in [-0.1, -0.05) is 0 Å². The van der Waals surface area contributed by atoms with Crippen molar-refractivity contribution in [2.45, 2.75) is 25.8 Å². The Bertz CT molecular complexity index is 758. The van der Waals surface area contributed by atoms with E-state index in [1.807, 2.05) is 18.9 Å². The minimum absolute atomic E-state index is 0.0621. The van der Waals surface area contributed by atoms with E-state index < -0.39 is 0 Å². The Hall–Kier alpha value is -2.57. The van der Waals surface area contributed by atoms with E-state index >= 15 is 0 Å². The molecule has 1 fully saturated rings. The van der Waals surface area contributed by atoms with Crippen molar-refractivity contribution in [2.24, 2.45) is 7.05 Å². The van der Waals surface area contributed by atoms with Gasteiger partial charge in [0.05, 0.1) is 24.4 Å². The normalized spacial score (nSPS) is 17.0. The number of methoxy groups -OCH3 is 1.